The van der Waals surface area contributed by atoms with Gasteiger partial charge in [-0.2, -0.15) is 0 Å². The smallest absolute Gasteiger partial charge is 0.119 e. The maximum Gasteiger partial charge on any atom is 0.119 e. The summed E-state index contributed by atoms with van der Waals surface area (Å²) >= 11 is 0. The molecule has 3 heteroatoms. The lowest BCUT2D eigenvalue weighted by atomic mass is 10.1. The van der Waals surface area contributed by atoms with Gasteiger partial charge >= 0.3 is 0 Å². The van der Waals surface area contributed by atoms with Crippen molar-refractivity contribution in [3.63, 3.8) is 0 Å². The first-order chi connectivity index (χ1) is 6.86. The largest absolute Gasteiger partial charge is 0.508 e. The molecule has 0 bridgehead atoms. The van der Waals surface area contributed by atoms with Gasteiger partial charge in [0.2, 0.25) is 0 Å². The van der Waals surface area contributed by atoms with Crippen LogP contribution in [0.3, 0.4) is 0 Å². The van der Waals surface area contributed by atoms with Crippen molar-refractivity contribution in [2.75, 3.05) is 0 Å². The molecule has 0 atom stereocenters. The van der Waals surface area contributed by atoms with E-state index in [-0.39, 0.29) is 12.4 Å². The number of phenolic OH excluding ortho intramolecular Hbond substituents is 1. The van der Waals surface area contributed by atoms with E-state index in [4.69, 9.17) is 0 Å². The van der Waals surface area contributed by atoms with E-state index in [1.807, 2.05) is 30.3 Å². The molecule has 0 unspecified atom stereocenters. The molecule has 2 rings (SSSR count). The molecule has 0 spiro atoms. The Morgan fingerprint density at radius 1 is 1.00 bits per heavy atom. The van der Waals surface area contributed by atoms with E-state index in [9.17, 15) is 5.11 Å². The quantitative estimate of drug-likeness (QED) is 0.846. The average Bonchev–Trinajstić information content (AvgIpc) is 2.23. The number of para-hydroxylation sites is 1. The summed E-state index contributed by atoms with van der Waals surface area (Å²) in [6, 6.07) is 11.3. The van der Waals surface area contributed by atoms with Crippen molar-refractivity contribution in [1.29, 1.82) is 0 Å². The van der Waals surface area contributed by atoms with E-state index in [0.29, 0.717) is 5.75 Å². The van der Waals surface area contributed by atoms with Gasteiger partial charge in [-0.3, -0.25) is 4.98 Å². The number of nitrogens with zero attached hydrogens (tertiary/aromatic N) is 1. The Kier molecular flexibility index (Phi) is 4.13. The zero-order valence-electron chi connectivity index (χ0n) is 8.13. The van der Waals surface area contributed by atoms with Crippen molar-refractivity contribution in [3.05, 3.63) is 59.9 Å². The van der Waals surface area contributed by atoms with Gasteiger partial charge < -0.3 is 5.11 Å². The molecule has 2 aromatic rings. The van der Waals surface area contributed by atoms with Crippen LogP contribution in [0.15, 0.2) is 48.8 Å². The average molecular weight is 222 g/mol. The van der Waals surface area contributed by atoms with Gasteiger partial charge in [-0.1, -0.05) is 18.2 Å². The Morgan fingerprint density at radius 3 is 2.33 bits per heavy atom. The number of halogens is 1. The molecular weight excluding hydrogens is 210 g/mol. The molecule has 1 aromatic heterocycles. The van der Waals surface area contributed by atoms with Crippen LogP contribution in [0.5, 0.6) is 5.75 Å². The molecule has 1 N–H and O–H groups in total. The maximum absolute atomic E-state index is 9.56. The first-order valence-corrected chi connectivity index (χ1v) is 4.52. The predicted octanol–water partition coefficient (Wildman–Crippen LogP) is 2.80. The lowest BCUT2D eigenvalue weighted by Crippen LogP contribution is -1.88. The molecule has 1 heterocycles. The topological polar surface area (TPSA) is 33.1 Å². The number of aromatic hydroxyl groups is 1. The van der Waals surface area contributed by atoms with E-state index < -0.39 is 0 Å². The third-order valence-electron chi connectivity index (χ3n) is 2.14. The molecule has 0 saturated carbocycles. The van der Waals surface area contributed by atoms with Gasteiger partial charge in [-0.05, 0) is 29.3 Å². The molecule has 0 saturated heterocycles. The van der Waals surface area contributed by atoms with Gasteiger partial charge in [0.1, 0.15) is 5.75 Å². The first-order valence-electron chi connectivity index (χ1n) is 4.52. The summed E-state index contributed by atoms with van der Waals surface area (Å²) in [6.45, 7) is 0. The molecule has 1 aromatic carbocycles. The molecule has 0 fully saturated rings. The minimum Gasteiger partial charge on any atom is -0.508 e. The van der Waals surface area contributed by atoms with Gasteiger partial charge in [0.15, 0.2) is 0 Å². The van der Waals surface area contributed by atoms with E-state index in [0.717, 1.165) is 17.5 Å². The predicted molar refractivity (Wildman–Crippen MR) is 62.4 cm³/mol. The third kappa shape index (κ3) is 2.96. The lowest BCUT2D eigenvalue weighted by molar-refractivity contribution is 0.469. The van der Waals surface area contributed by atoms with Crippen molar-refractivity contribution >= 4 is 12.4 Å². The Balaban J connectivity index is 0.00000112. The van der Waals surface area contributed by atoms with Gasteiger partial charge in [0.25, 0.3) is 0 Å². The Morgan fingerprint density at radius 2 is 1.67 bits per heavy atom. The second kappa shape index (κ2) is 5.37. The molecule has 0 aliphatic rings. The van der Waals surface area contributed by atoms with Crippen LogP contribution in [0.4, 0.5) is 0 Å². The molecule has 2 nitrogen and oxygen atoms in total. The lowest BCUT2D eigenvalue weighted by Gasteiger charge is -2.03. The van der Waals surface area contributed by atoms with Crippen LogP contribution in [0.25, 0.3) is 0 Å². The van der Waals surface area contributed by atoms with Crippen LogP contribution in [0.1, 0.15) is 11.1 Å². The summed E-state index contributed by atoms with van der Waals surface area (Å²) in [5.41, 5.74) is 2.10. The normalized spacial score (nSPS) is 9.33. The Hall–Kier alpha value is -1.54. The number of aromatic nitrogens is 1. The second-order valence-electron chi connectivity index (χ2n) is 3.16. The minimum atomic E-state index is 0. The molecular formula is C12H12ClNO. The molecule has 0 aliphatic carbocycles. The molecule has 0 aliphatic heterocycles. The number of phenols is 1. The van der Waals surface area contributed by atoms with Gasteiger partial charge in [-0.15, -0.1) is 12.4 Å². The highest BCUT2D eigenvalue weighted by Crippen LogP contribution is 2.18. The van der Waals surface area contributed by atoms with Crippen LogP contribution < -0.4 is 0 Å². The number of benzene rings is 1. The summed E-state index contributed by atoms with van der Waals surface area (Å²) in [6.07, 6.45) is 4.26. The van der Waals surface area contributed by atoms with Crippen LogP contribution in [0, 0.1) is 0 Å². The Labute approximate surface area is 95.0 Å². The van der Waals surface area contributed by atoms with E-state index in [2.05, 4.69) is 4.98 Å². The summed E-state index contributed by atoms with van der Waals surface area (Å²) in [7, 11) is 0. The molecule has 15 heavy (non-hydrogen) atoms. The number of pyridine rings is 1. The second-order valence-corrected chi connectivity index (χ2v) is 3.16. The van der Waals surface area contributed by atoms with Crippen molar-refractivity contribution < 1.29 is 5.11 Å². The fourth-order valence-electron chi connectivity index (χ4n) is 1.38. The zero-order chi connectivity index (χ0) is 9.80. The van der Waals surface area contributed by atoms with Gasteiger partial charge in [0, 0.05) is 18.8 Å². The minimum absolute atomic E-state index is 0. The zero-order valence-corrected chi connectivity index (χ0v) is 8.95. The maximum atomic E-state index is 9.56. The summed E-state index contributed by atoms with van der Waals surface area (Å²) in [5.74, 6) is 0.351. The molecule has 0 amide bonds. The van der Waals surface area contributed by atoms with Crippen LogP contribution in [0.2, 0.25) is 0 Å². The van der Waals surface area contributed by atoms with Gasteiger partial charge in [-0.25, -0.2) is 0 Å². The van der Waals surface area contributed by atoms with Crippen LogP contribution >= 0.6 is 12.4 Å². The highest BCUT2D eigenvalue weighted by Gasteiger charge is 2.00. The fraction of sp³-hybridized carbons (Fsp3) is 0.0833. The highest BCUT2D eigenvalue weighted by atomic mass is 35.5. The van der Waals surface area contributed by atoms with Crippen molar-refractivity contribution in [1.82, 2.24) is 4.98 Å². The number of rotatable bonds is 2. The Bertz CT molecular complexity index is 417. The summed E-state index contributed by atoms with van der Waals surface area (Å²) < 4.78 is 0. The third-order valence-corrected chi connectivity index (χ3v) is 2.14. The first kappa shape index (κ1) is 11.5. The molecule has 78 valence electrons. The number of hydrogen-bond donors (Lipinski definition) is 1. The summed E-state index contributed by atoms with van der Waals surface area (Å²) in [4.78, 5) is 3.95. The molecule has 0 radical (unpaired) electrons. The highest BCUT2D eigenvalue weighted by molar-refractivity contribution is 5.85. The van der Waals surface area contributed by atoms with Crippen molar-refractivity contribution in [3.8, 4) is 5.75 Å². The number of hydrogen-bond acceptors (Lipinski definition) is 2. The van der Waals surface area contributed by atoms with E-state index in [1.165, 1.54) is 0 Å². The van der Waals surface area contributed by atoms with E-state index in [1.54, 1.807) is 18.5 Å². The fourth-order valence-corrected chi connectivity index (χ4v) is 1.38. The van der Waals surface area contributed by atoms with Crippen LogP contribution in [-0.2, 0) is 6.42 Å². The van der Waals surface area contributed by atoms with Crippen molar-refractivity contribution in [2.45, 2.75) is 6.42 Å². The van der Waals surface area contributed by atoms with Gasteiger partial charge in [0.05, 0.1) is 0 Å². The van der Waals surface area contributed by atoms with E-state index >= 15 is 0 Å². The summed E-state index contributed by atoms with van der Waals surface area (Å²) in [5, 5.41) is 9.56. The monoisotopic (exact) mass is 221 g/mol. The van der Waals surface area contributed by atoms with Crippen LogP contribution in [-0.4, -0.2) is 10.1 Å². The standard InChI is InChI=1S/C12H11NO.ClH/c14-12-4-2-1-3-11(12)9-10-5-7-13-8-6-10;/h1-8,14H,9H2;1H. The SMILES string of the molecule is Cl.Oc1ccccc1Cc1ccncc1. The van der Waals surface area contributed by atoms with Crippen molar-refractivity contribution in [2.24, 2.45) is 0 Å².